The Morgan fingerprint density at radius 2 is 2.15 bits per heavy atom. The van der Waals surface area contributed by atoms with E-state index in [1.807, 2.05) is 13.8 Å². The molecule has 0 bridgehead atoms. The molecule has 0 aromatic carbocycles. The van der Waals surface area contributed by atoms with Crippen molar-refractivity contribution in [2.45, 2.75) is 13.8 Å². The average Bonchev–Trinajstić information content (AvgIpc) is 2.04. The van der Waals surface area contributed by atoms with E-state index in [9.17, 15) is 0 Å². The van der Waals surface area contributed by atoms with Gasteiger partial charge in [-0.3, -0.25) is 0 Å². The first-order valence-corrected chi connectivity index (χ1v) is 3.95. The largest absolute Gasteiger partial charge is 0.494 e. The van der Waals surface area contributed by atoms with Crippen LogP contribution in [0.5, 0.6) is 0 Å². The fourth-order valence-corrected chi connectivity index (χ4v) is 0.866. The highest BCUT2D eigenvalue weighted by atomic mass is 16.5. The molecule has 0 spiro atoms. The van der Waals surface area contributed by atoms with Crippen LogP contribution >= 0.6 is 0 Å². The number of aliphatic hydroxyl groups excluding tert-OH is 1. The van der Waals surface area contributed by atoms with Crippen molar-refractivity contribution in [2.24, 2.45) is 16.6 Å². The monoisotopic (exact) mass is 184 g/mol. The van der Waals surface area contributed by atoms with E-state index in [-0.39, 0.29) is 11.8 Å². The van der Waals surface area contributed by atoms with E-state index in [1.165, 1.54) is 13.3 Å². The van der Waals surface area contributed by atoms with E-state index in [2.05, 4.69) is 11.6 Å². The van der Waals surface area contributed by atoms with Gasteiger partial charge in [0.05, 0.1) is 12.8 Å². The molecular formula is C9H16N2O2. The van der Waals surface area contributed by atoms with Crippen LogP contribution in [0.3, 0.4) is 0 Å². The van der Waals surface area contributed by atoms with Crippen molar-refractivity contribution in [3.05, 3.63) is 24.4 Å². The van der Waals surface area contributed by atoms with Crippen molar-refractivity contribution >= 4 is 5.71 Å². The summed E-state index contributed by atoms with van der Waals surface area (Å²) in [5.41, 5.74) is 5.90. The summed E-state index contributed by atoms with van der Waals surface area (Å²) in [5.74, 6) is 0.309. The summed E-state index contributed by atoms with van der Waals surface area (Å²) in [7, 11) is 1.50. The third kappa shape index (κ3) is 3.64. The lowest BCUT2D eigenvalue weighted by molar-refractivity contribution is 0.310. The van der Waals surface area contributed by atoms with Gasteiger partial charge in [0.15, 0.2) is 5.76 Å². The highest BCUT2D eigenvalue weighted by Crippen LogP contribution is 2.09. The second-order valence-corrected chi connectivity index (χ2v) is 2.80. The number of allylic oxidation sites excluding steroid dienone is 1. The molecule has 13 heavy (non-hydrogen) atoms. The van der Waals surface area contributed by atoms with E-state index in [4.69, 9.17) is 15.6 Å². The van der Waals surface area contributed by atoms with Crippen molar-refractivity contribution in [3.8, 4) is 0 Å². The van der Waals surface area contributed by atoms with Gasteiger partial charge in [0.1, 0.15) is 0 Å². The topological polar surface area (TPSA) is 67.8 Å². The summed E-state index contributed by atoms with van der Waals surface area (Å²) < 4.78 is 4.98. The van der Waals surface area contributed by atoms with Crippen LogP contribution in [0.2, 0.25) is 0 Å². The smallest absolute Gasteiger partial charge is 0.203 e. The second-order valence-electron chi connectivity index (χ2n) is 2.80. The van der Waals surface area contributed by atoms with Crippen molar-refractivity contribution in [2.75, 3.05) is 7.11 Å². The fourth-order valence-electron chi connectivity index (χ4n) is 0.866. The molecule has 0 atom stereocenters. The van der Waals surface area contributed by atoms with E-state index >= 15 is 0 Å². The van der Waals surface area contributed by atoms with Crippen LogP contribution in [-0.4, -0.2) is 17.9 Å². The fraction of sp³-hybridized carbons (Fsp3) is 0.444. The predicted molar refractivity (Wildman–Crippen MR) is 53.3 cm³/mol. The molecule has 0 radical (unpaired) electrons. The molecule has 0 unspecified atom stereocenters. The molecule has 0 saturated carbocycles. The summed E-state index contributed by atoms with van der Waals surface area (Å²) in [5, 5.41) is 8.91. The summed E-state index contributed by atoms with van der Waals surface area (Å²) in [6.07, 6.45) is 1.31. The van der Waals surface area contributed by atoms with Crippen LogP contribution in [-0.2, 0) is 4.74 Å². The van der Waals surface area contributed by atoms with Crippen molar-refractivity contribution in [1.82, 2.24) is 0 Å². The Bertz CT molecular complexity index is 242. The third-order valence-electron chi connectivity index (χ3n) is 1.42. The molecule has 0 saturated heterocycles. The number of methoxy groups -OCH3 is 1. The Morgan fingerprint density at radius 1 is 1.62 bits per heavy atom. The van der Waals surface area contributed by atoms with Crippen LogP contribution in [0.15, 0.2) is 29.4 Å². The summed E-state index contributed by atoms with van der Waals surface area (Å²) in [6.45, 7) is 7.11. The van der Waals surface area contributed by atoms with Crippen LogP contribution < -0.4 is 5.73 Å². The molecular weight excluding hydrogens is 168 g/mol. The van der Waals surface area contributed by atoms with Crippen LogP contribution in [0.4, 0.5) is 0 Å². The van der Waals surface area contributed by atoms with Gasteiger partial charge in [-0.15, -0.1) is 0 Å². The van der Waals surface area contributed by atoms with Crippen LogP contribution in [0, 0.1) is 5.92 Å². The number of nitrogens with zero attached hydrogens (tertiary/aromatic N) is 1. The molecule has 3 N–H and O–H groups in total. The molecule has 0 aromatic heterocycles. The highest BCUT2D eigenvalue weighted by Gasteiger charge is 2.11. The minimum Gasteiger partial charge on any atom is -0.494 e. The normalized spacial score (nSPS) is 13.2. The van der Waals surface area contributed by atoms with Gasteiger partial charge in [-0.05, 0) is 12.5 Å². The molecule has 0 fully saturated rings. The number of hydrogen-bond acceptors (Lipinski definition) is 4. The molecule has 0 amide bonds. The maximum atomic E-state index is 8.91. The van der Waals surface area contributed by atoms with E-state index in [0.717, 1.165) is 0 Å². The zero-order chi connectivity index (χ0) is 10.4. The quantitative estimate of drug-likeness (QED) is 0.514. The molecule has 4 heteroatoms. The van der Waals surface area contributed by atoms with Crippen LogP contribution in [0.1, 0.15) is 13.8 Å². The number of ether oxygens (including phenoxy) is 1. The van der Waals surface area contributed by atoms with E-state index < -0.39 is 0 Å². The lowest BCUT2D eigenvalue weighted by Gasteiger charge is -2.11. The van der Waals surface area contributed by atoms with Gasteiger partial charge in [0, 0.05) is 6.20 Å². The molecule has 0 aliphatic carbocycles. The number of aliphatic imine (C=N–C) groups is 1. The Kier molecular flexibility index (Phi) is 4.66. The summed E-state index contributed by atoms with van der Waals surface area (Å²) in [6, 6.07) is 0. The molecule has 0 aromatic rings. The molecule has 0 aliphatic heterocycles. The summed E-state index contributed by atoms with van der Waals surface area (Å²) >= 11 is 0. The molecule has 4 nitrogen and oxygen atoms in total. The lowest BCUT2D eigenvalue weighted by atomic mass is 10.1. The Balaban J connectivity index is 4.91. The zero-order valence-corrected chi connectivity index (χ0v) is 8.24. The Morgan fingerprint density at radius 3 is 2.38 bits per heavy atom. The first-order chi connectivity index (χ1) is 6.02. The van der Waals surface area contributed by atoms with Gasteiger partial charge in [-0.1, -0.05) is 13.8 Å². The first-order valence-electron chi connectivity index (χ1n) is 3.95. The van der Waals surface area contributed by atoms with Gasteiger partial charge < -0.3 is 15.6 Å². The zero-order valence-electron chi connectivity index (χ0n) is 8.24. The molecule has 0 aliphatic rings. The molecule has 74 valence electrons. The Hall–Kier alpha value is -1.45. The van der Waals surface area contributed by atoms with E-state index in [0.29, 0.717) is 11.5 Å². The van der Waals surface area contributed by atoms with Crippen molar-refractivity contribution < 1.29 is 9.84 Å². The van der Waals surface area contributed by atoms with Gasteiger partial charge in [0.25, 0.3) is 0 Å². The third-order valence-corrected chi connectivity index (χ3v) is 1.42. The molecule has 0 heterocycles. The predicted octanol–water partition coefficient (Wildman–Crippen LogP) is 1.56. The number of rotatable bonds is 4. The van der Waals surface area contributed by atoms with Crippen LogP contribution in [0.25, 0.3) is 0 Å². The number of aliphatic hydroxyl groups is 1. The van der Waals surface area contributed by atoms with Gasteiger partial charge >= 0.3 is 0 Å². The number of hydrogen-bond donors (Lipinski definition) is 2. The van der Waals surface area contributed by atoms with Gasteiger partial charge in [-0.25, -0.2) is 4.99 Å². The molecule has 0 rings (SSSR count). The Labute approximate surface area is 78.4 Å². The maximum absolute atomic E-state index is 8.91. The van der Waals surface area contributed by atoms with Crippen molar-refractivity contribution in [3.63, 3.8) is 0 Å². The minimum atomic E-state index is -0.250. The van der Waals surface area contributed by atoms with Gasteiger partial charge in [0.2, 0.25) is 5.88 Å². The standard InChI is InChI=1S/C9H16N2O2/c1-6(2)9(11-7(3)12)8(5-10)13-4/h5-6,12H,3,10H2,1-2,4H3/b8-5+,11-9?. The van der Waals surface area contributed by atoms with Gasteiger partial charge in [-0.2, -0.15) is 0 Å². The average molecular weight is 184 g/mol. The lowest BCUT2D eigenvalue weighted by Crippen LogP contribution is -2.14. The van der Waals surface area contributed by atoms with Crippen molar-refractivity contribution in [1.29, 1.82) is 0 Å². The first kappa shape index (κ1) is 11.6. The second kappa shape index (κ2) is 5.24. The number of nitrogens with two attached hydrogens (primary N) is 1. The highest BCUT2D eigenvalue weighted by molar-refractivity contribution is 6.00. The minimum absolute atomic E-state index is 0.110. The van der Waals surface area contributed by atoms with E-state index in [1.54, 1.807) is 0 Å². The summed E-state index contributed by atoms with van der Waals surface area (Å²) in [4.78, 5) is 3.82. The maximum Gasteiger partial charge on any atom is 0.203 e. The SMILES string of the molecule is C=C(O)N=C(/C(=C\N)OC)C(C)C.